The number of hydrogen-bond acceptors (Lipinski definition) is 4. The van der Waals surface area contributed by atoms with Gasteiger partial charge in [0.25, 0.3) is 5.91 Å². The minimum atomic E-state index is -0.519. The molecule has 0 atom stereocenters. The fourth-order valence-electron chi connectivity index (χ4n) is 2.62. The summed E-state index contributed by atoms with van der Waals surface area (Å²) < 4.78 is 5.13. The largest absolute Gasteiger partial charge is 0.452 e. The third kappa shape index (κ3) is 4.81. The van der Waals surface area contributed by atoms with E-state index in [2.05, 4.69) is 5.32 Å². The summed E-state index contributed by atoms with van der Waals surface area (Å²) in [6, 6.07) is 4.06. The molecule has 1 N–H and O–H groups in total. The molecule has 2 amide bonds. The SMILES string of the molecule is Cc1cc(C)c(C(=O)OCC(=O)N(C)CC(=O)NC2CC2)c(C)c1. The molecule has 0 aromatic heterocycles. The Kier molecular flexibility index (Phi) is 5.59. The van der Waals surface area contributed by atoms with E-state index in [9.17, 15) is 14.4 Å². The maximum absolute atomic E-state index is 12.2. The Labute approximate surface area is 142 Å². The van der Waals surface area contributed by atoms with E-state index in [0.717, 1.165) is 29.5 Å². The number of carbonyl (C=O) groups excluding carboxylic acids is 3. The monoisotopic (exact) mass is 332 g/mol. The summed E-state index contributed by atoms with van der Waals surface area (Å²) >= 11 is 0. The van der Waals surface area contributed by atoms with Crippen molar-refractivity contribution in [2.24, 2.45) is 0 Å². The van der Waals surface area contributed by atoms with Crippen LogP contribution in [0.15, 0.2) is 12.1 Å². The number of nitrogens with one attached hydrogen (secondary N) is 1. The molecule has 24 heavy (non-hydrogen) atoms. The standard InChI is InChI=1S/C18H24N2O4/c1-11-7-12(2)17(13(3)8-11)18(23)24-10-16(22)20(4)9-15(21)19-14-5-6-14/h7-8,14H,5-6,9-10H2,1-4H3,(H,19,21). The van der Waals surface area contributed by atoms with Crippen molar-refractivity contribution in [3.05, 3.63) is 34.4 Å². The molecule has 6 heteroatoms. The Morgan fingerprint density at radius 3 is 2.29 bits per heavy atom. The van der Waals surface area contributed by atoms with Crippen LogP contribution in [0, 0.1) is 20.8 Å². The zero-order chi connectivity index (χ0) is 17.9. The number of hydrogen-bond donors (Lipinski definition) is 1. The van der Waals surface area contributed by atoms with E-state index in [0.29, 0.717) is 5.56 Å². The number of carbonyl (C=O) groups is 3. The van der Waals surface area contributed by atoms with Gasteiger partial charge in [-0.1, -0.05) is 17.7 Å². The molecule has 1 aliphatic rings. The predicted octanol–water partition coefficient (Wildman–Crippen LogP) is 1.51. The highest BCUT2D eigenvalue weighted by molar-refractivity contribution is 5.94. The molecular formula is C18H24N2O4. The van der Waals surface area contributed by atoms with E-state index >= 15 is 0 Å². The van der Waals surface area contributed by atoms with Crippen molar-refractivity contribution in [1.82, 2.24) is 10.2 Å². The van der Waals surface area contributed by atoms with Gasteiger partial charge in [0.1, 0.15) is 0 Å². The van der Waals surface area contributed by atoms with E-state index in [4.69, 9.17) is 4.74 Å². The van der Waals surface area contributed by atoms with Gasteiger partial charge in [-0.05, 0) is 44.7 Å². The quantitative estimate of drug-likeness (QED) is 0.801. The van der Waals surface area contributed by atoms with Crippen LogP contribution in [0.5, 0.6) is 0 Å². The third-order valence-corrected chi connectivity index (χ3v) is 3.96. The molecule has 6 nitrogen and oxygen atoms in total. The number of amides is 2. The van der Waals surface area contributed by atoms with Crippen molar-refractivity contribution in [1.29, 1.82) is 0 Å². The summed E-state index contributed by atoms with van der Waals surface area (Å²) in [5.41, 5.74) is 3.20. The Balaban J connectivity index is 1.86. The number of aryl methyl sites for hydroxylation is 3. The summed E-state index contributed by atoms with van der Waals surface area (Å²) in [4.78, 5) is 37.2. The van der Waals surface area contributed by atoms with E-state index in [-0.39, 0.29) is 25.1 Å². The first-order valence-corrected chi connectivity index (χ1v) is 8.06. The number of likely N-dealkylation sites (N-methyl/N-ethyl adjacent to an activating group) is 1. The molecular weight excluding hydrogens is 308 g/mol. The highest BCUT2D eigenvalue weighted by atomic mass is 16.5. The summed E-state index contributed by atoms with van der Waals surface area (Å²) in [6.07, 6.45) is 1.99. The maximum Gasteiger partial charge on any atom is 0.339 e. The van der Waals surface area contributed by atoms with Gasteiger partial charge in [0, 0.05) is 13.1 Å². The van der Waals surface area contributed by atoms with Gasteiger partial charge in [0.15, 0.2) is 6.61 Å². The van der Waals surface area contributed by atoms with Crippen molar-refractivity contribution < 1.29 is 19.1 Å². The molecule has 1 saturated carbocycles. The van der Waals surface area contributed by atoms with Crippen LogP contribution < -0.4 is 5.32 Å². The molecule has 0 aliphatic heterocycles. The predicted molar refractivity (Wildman–Crippen MR) is 89.7 cm³/mol. The molecule has 0 saturated heterocycles. The molecule has 1 fully saturated rings. The van der Waals surface area contributed by atoms with Gasteiger partial charge in [0.05, 0.1) is 12.1 Å². The molecule has 0 spiro atoms. The second-order valence-electron chi connectivity index (χ2n) is 6.44. The summed E-state index contributed by atoms with van der Waals surface area (Å²) in [5, 5.41) is 2.81. The van der Waals surface area contributed by atoms with Gasteiger partial charge in [-0.25, -0.2) is 4.79 Å². The van der Waals surface area contributed by atoms with Crippen molar-refractivity contribution in [2.45, 2.75) is 39.7 Å². The second-order valence-corrected chi connectivity index (χ2v) is 6.44. The Hall–Kier alpha value is -2.37. The first kappa shape index (κ1) is 18.0. The first-order valence-electron chi connectivity index (χ1n) is 8.06. The minimum absolute atomic E-state index is 0.0323. The molecule has 2 rings (SSSR count). The molecule has 1 aromatic rings. The van der Waals surface area contributed by atoms with Crippen LogP contribution in [0.3, 0.4) is 0 Å². The van der Waals surface area contributed by atoms with E-state index in [1.807, 2.05) is 32.9 Å². The zero-order valence-electron chi connectivity index (χ0n) is 14.6. The lowest BCUT2D eigenvalue weighted by Crippen LogP contribution is -2.40. The van der Waals surface area contributed by atoms with Crippen molar-refractivity contribution in [3.63, 3.8) is 0 Å². The molecule has 1 aliphatic carbocycles. The van der Waals surface area contributed by atoms with Crippen molar-refractivity contribution >= 4 is 17.8 Å². The lowest BCUT2D eigenvalue weighted by molar-refractivity contribution is -0.137. The molecule has 0 heterocycles. The fourth-order valence-corrected chi connectivity index (χ4v) is 2.62. The first-order chi connectivity index (χ1) is 11.3. The maximum atomic E-state index is 12.2. The number of esters is 1. The Morgan fingerprint density at radius 2 is 1.75 bits per heavy atom. The smallest absolute Gasteiger partial charge is 0.339 e. The van der Waals surface area contributed by atoms with Crippen LogP contribution >= 0.6 is 0 Å². The highest BCUT2D eigenvalue weighted by Gasteiger charge is 2.24. The van der Waals surface area contributed by atoms with E-state index in [1.165, 1.54) is 11.9 Å². The lowest BCUT2D eigenvalue weighted by Gasteiger charge is -2.17. The van der Waals surface area contributed by atoms with Gasteiger partial charge in [-0.15, -0.1) is 0 Å². The molecule has 1 aromatic carbocycles. The van der Waals surface area contributed by atoms with E-state index in [1.54, 1.807) is 0 Å². The van der Waals surface area contributed by atoms with Crippen LogP contribution in [-0.2, 0) is 14.3 Å². The second kappa shape index (κ2) is 7.47. The van der Waals surface area contributed by atoms with Gasteiger partial charge < -0.3 is 15.0 Å². The van der Waals surface area contributed by atoms with Gasteiger partial charge in [-0.2, -0.15) is 0 Å². The number of nitrogens with zero attached hydrogens (tertiary/aromatic N) is 1. The van der Waals surface area contributed by atoms with Crippen LogP contribution in [0.2, 0.25) is 0 Å². The molecule has 0 bridgehead atoms. The van der Waals surface area contributed by atoms with Crippen molar-refractivity contribution in [2.75, 3.05) is 20.2 Å². The number of benzene rings is 1. The number of rotatable bonds is 6. The van der Waals surface area contributed by atoms with E-state index < -0.39 is 11.9 Å². The summed E-state index contributed by atoms with van der Waals surface area (Å²) in [7, 11) is 1.52. The van der Waals surface area contributed by atoms with Crippen molar-refractivity contribution in [3.8, 4) is 0 Å². The van der Waals surface area contributed by atoms with Gasteiger partial charge >= 0.3 is 5.97 Å². The summed E-state index contributed by atoms with van der Waals surface area (Å²) in [6.45, 7) is 5.23. The van der Waals surface area contributed by atoms with Crippen LogP contribution in [0.4, 0.5) is 0 Å². The van der Waals surface area contributed by atoms with Crippen LogP contribution in [0.25, 0.3) is 0 Å². The topological polar surface area (TPSA) is 75.7 Å². The number of ether oxygens (including phenoxy) is 1. The fraction of sp³-hybridized carbons (Fsp3) is 0.500. The van der Waals surface area contributed by atoms with Gasteiger partial charge in [-0.3, -0.25) is 9.59 Å². The third-order valence-electron chi connectivity index (χ3n) is 3.96. The van der Waals surface area contributed by atoms with Crippen LogP contribution in [0.1, 0.15) is 39.9 Å². The van der Waals surface area contributed by atoms with Crippen LogP contribution in [-0.4, -0.2) is 48.9 Å². The molecule has 0 radical (unpaired) electrons. The summed E-state index contributed by atoms with van der Waals surface area (Å²) in [5.74, 6) is -1.12. The molecule has 130 valence electrons. The zero-order valence-corrected chi connectivity index (χ0v) is 14.6. The minimum Gasteiger partial charge on any atom is -0.452 e. The normalized spacial score (nSPS) is 13.3. The average molecular weight is 332 g/mol. The Bertz CT molecular complexity index is 642. The lowest BCUT2D eigenvalue weighted by atomic mass is 10.00. The molecule has 0 unspecified atom stereocenters. The average Bonchev–Trinajstić information content (AvgIpc) is 3.27. The Morgan fingerprint density at radius 1 is 1.17 bits per heavy atom. The highest BCUT2D eigenvalue weighted by Crippen LogP contribution is 2.18. The van der Waals surface area contributed by atoms with Gasteiger partial charge in [0.2, 0.25) is 5.91 Å².